The highest BCUT2D eigenvalue weighted by Gasteiger charge is 2.19. The van der Waals surface area contributed by atoms with Gasteiger partial charge in [0, 0.05) is 44.2 Å². The third-order valence-electron chi connectivity index (χ3n) is 6.19. The number of hydrogen-bond donors (Lipinski definition) is 1. The number of nitrogens with one attached hydrogen (secondary N) is 1. The summed E-state index contributed by atoms with van der Waals surface area (Å²) in [5.74, 6) is 0.894. The Morgan fingerprint density at radius 1 is 1.06 bits per heavy atom. The summed E-state index contributed by atoms with van der Waals surface area (Å²) in [6, 6.07) is 10.7. The van der Waals surface area contributed by atoms with E-state index in [9.17, 15) is 14.4 Å². The molecule has 1 fully saturated rings. The molecule has 1 aliphatic rings. The summed E-state index contributed by atoms with van der Waals surface area (Å²) >= 11 is 0. The molecule has 9 heteroatoms. The molecule has 2 heterocycles. The van der Waals surface area contributed by atoms with Crippen LogP contribution in [0.4, 0.5) is 0 Å². The normalized spacial score (nSPS) is 13.1. The van der Waals surface area contributed by atoms with Gasteiger partial charge in [0.05, 0.1) is 31.4 Å². The zero-order valence-corrected chi connectivity index (χ0v) is 20.1. The lowest BCUT2D eigenvalue weighted by molar-refractivity contribution is -0.121. The van der Waals surface area contributed by atoms with E-state index < -0.39 is 0 Å². The van der Waals surface area contributed by atoms with Crippen LogP contribution in [-0.4, -0.2) is 53.6 Å². The monoisotopic (exact) mass is 478 g/mol. The predicted octanol–water partition coefficient (Wildman–Crippen LogP) is 2.75. The standard InChI is InChI=1S/C26H30N4O5/c1-34-22-14-20-21(15-23(22)35-2)28-17-30(26(20)33)12-6-9-24(31)27-16-18-7-5-8-19(13-18)25(32)29-10-3-4-11-29/h5,7-8,13-15,17H,3-4,6,9-12,16H2,1-2H3,(H,27,31). The molecular formula is C26H30N4O5. The first-order chi connectivity index (χ1) is 17.0. The molecule has 9 nitrogen and oxygen atoms in total. The van der Waals surface area contributed by atoms with Crippen molar-refractivity contribution in [2.75, 3.05) is 27.3 Å². The smallest absolute Gasteiger partial charge is 0.261 e. The van der Waals surface area contributed by atoms with Gasteiger partial charge in [-0.1, -0.05) is 12.1 Å². The number of aryl methyl sites for hydroxylation is 1. The molecule has 0 unspecified atom stereocenters. The van der Waals surface area contributed by atoms with Crippen LogP contribution in [0.15, 0.2) is 47.5 Å². The number of rotatable bonds is 9. The van der Waals surface area contributed by atoms with Gasteiger partial charge >= 0.3 is 0 Å². The molecule has 184 valence electrons. The fourth-order valence-corrected chi connectivity index (χ4v) is 4.26. The minimum absolute atomic E-state index is 0.0428. The van der Waals surface area contributed by atoms with Gasteiger partial charge in [0.15, 0.2) is 11.5 Å². The number of benzene rings is 2. The number of nitrogens with zero attached hydrogens (tertiary/aromatic N) is 3. The highest BCUT2D eigenvalue weighted by Crippen LogP contribution is 2.29. The van der Waals surface area contributed by atoms with Crippen LogP contribution in [0.5, 0.6) is 11.5 Å². The van der Waals surface area contributed by atoms with Gasteiger partial charge in [-0.3, -0.25) is 19.0 Å². The summed E-state index contributed by atoms with van der Waals surface area (Å²) in [5, 5.41) is 3.32. The fraction of sp³-hybridized carbons (Fsp3) is 0.385. The summed E-state index contributed by atoms with van der Waals surface area (Å²) in [6.07, 6.45) is 4.33. The van der Waals surface area contributed by atoms with E-state index in [-0.39, 0.29) is 23.8 Å². The first-order valence-electron chi connectivity index (χ1n) is 11.8. The molecule has 0 radical (unpaired) electrons. The van der Waals surface area contributed by atoms with Crippen molar-refractivity contribution in [2.45, 2.75) is 38.8 Å². The Labute approximate surface area is 203 Å². The zero-order chi connectivity index (χ0) is 24.8. The average molecular weight is 479 g/mol. The third kappa shape index (κ3) is 5.62. The Balaban J connectivity index is 1.31. The number of carbonyl (C=O) groups is 2. The second kappa shape index (κ2) is 11.0. The van der Waals surface area contributed by atoms with E-state index in [4.69, 9.17) is 9.47 Å². The minimum atomic E-state index is -0.198. The Bertz CT molecular complexity index is 1280. The molecule has 2 aromatic carbocycles. The maximum Gasteiger partial charge on any atom is 0.261 e. The molecule has 1 aliphatic heterocycles. The molecule has 1 saturated heterocycles. The van der Waals surface area contributed by atoms with E-state index in [1.54, 1.807) is 12.1 Å². The van der Waals surface area contributed by atoms with Crippen molar-refractivity contribution in [3.63, 3.8) is 0 Å². The van der Waals surface area contributed by atoms with Gasteiger partial charge in [-0.15, -0.1) is 0 Å². The largest absolute Gasteiger partial charge is 0.493 e. The number of amides is 2. The van der Waals surface area contributed by atoms with Crippen LogP contribution in [-0.2, 0) is 17.9 Å². The molecule has 1 N–H and O–H groups in total. The second-order valence-corrected chi connectivity index (χ2v) is 8.55. The van der Waals surface area contributed by atoms with Gasteiger partial charge in [0.1, 0.15) is 0 Å². The lowest BCUT2D eigenvalue weighted by Crippen LogP contribution is -2.28. The van der Waals surface area contributed by atoms with Gasteiger partial charge in [-0.05, 0) is 43.0 Å². The van der Waals surface area contributed by atoms with Gasteiger partial charge < -0.3 is 19.7 Å². The molecule has 0 bridgehead atoms. The molecule has 0 spiro atoms. The number of methoxy groups -OCH3 is 2. The predicted molar refractivity (Wildman–Crippen MR) is 132 cm³/mol. The van der Waals surface area contributed by atoms with Crippen LogP contribution >= 0.6 is 0 Å². The number of aromatic nitrogens is 2. The summed E-state index contributed by atoms with van der Waals surface area (Å²) in [4.78, 5) is 44.0. The maximum atomic E-state index is 12.9. The molecule has 2 amide bonds. The van der Waals surface area contributed by atoms with Crippen LogP contribution < -0.4 is 20.3 Å². The maximum absolute atomic E-state index is 12.9. The van der Waals surface area contributed by atoms with Gasteiger partial charge in [0.2, 0.25) is 5.91 Å². The number of carbonyl (C=O) groups excluding carboxylic acids is 2. The summed E-state index contributed by atoms with van der Waals surface area (Å²) < 4.78 is 12.0. The third-order valence-corrected chi connectivity index (χ3v) is 6.19. The highest BCUT2D eigenvalue weighted by atomic mass is 16.5. The van der Waals surface area contributed by atoms with E-state index in [0.717, 1.165) is 31.5 Å². The lowest BCUT2D eigenvalue weighted by Gasteiger charge is -2.15. The second-order valence-electron chi connectivity index (χ2n) is 8.55. The molecule has 0 saturated carbocycles. The van der Waals surface area contributed by atoms with Gasteiger partial charge in [-0.2, -0.15) is 0 Å². The van der Waals surface area contributed by atoms with E-state index in [0.29, 0.717) is 47.5 Å². The molecule has 0 atom stereocenters. The summed E-state index contributed by atoms with van der Waals surface area (Å²) in [6.45, 7) is 2.32. The average Bonchev–Trinajstić information content (AvgIpc) is 3.43. The quantitative estimate of drug-likeness (QED) is 0.507. The highest BCUT2D eigenvalue weighted by molar-refractivity contribution is 5.94. The zero-order valence-electron chi connectivity index (χ0n) is 20.1. The van der Waals surface area contributed by atoms with Crippen LogP contribution in [0.25, 0.3) is 10.9 Å². The summed E-state index contributed by atoms with van der Waals surface area (Å²) in [7, 11) is 3.04. The minimum Gasteiger partial charge on any atom is -0.493 e. The Morgan fingerprint density at radius 2 is 1.80 bits per heavy atom. The van der Waals surface area contributed by atoms with E-state index in [1.165, 1.54) is 25.1 Å². The number of ether oxygens (including phenoxy) is 2. The van der Waals surface area contributed by atoms with Crippen molar-refractivity contribution in [1.29, 1.82) is 0 Å². The molecule has 0 aliphatic carbocycles. The fourth-order valence-electron chi connectivity index (χ4n) is 4.26. The van der Waals surface area contributed by atoms with E-state index in [1.807, 2.05) is 29.2 Å². The topological polar surface area (TPSA) is 103 Å². The first kappa shape index (κ1) is 24.3. The Hall–Kier alpha value is -3.88. The van der Waals surface area contributed by atoms with Crippen LogP contribution in [0.2, 0.25) is 0 Å². The van der Waals surface area contributed by atoms with Gasteiger partial charge in [0.25, 0.3) is 11.5 Å². The van der Waals surface area contributed by atoms with Crippen molar-refractivity contribution in [3.8, 4) is 11.5 Å². The van der Waals surface area contributed by atoms with E-state index >= 15 is 0 Å². The van der Waals surface area contributed by atoms with Crippen molar-refractivity contribution < 1.29 is 19.1 Å². The lowest BCUT2D eigenvalue weighted by atomic mass is 10.1. The van der Waals surface area contributed by atoms with Crippen molar-refractivity contribution >= 4 is 22.7 Å². The Kier molecular flexibility index (Phi) is 7.64. The van der Waals surface area contributed by atoms with Gasteiger partial charge in [-0.25, -0.2) is 4.98 Å². The SMILES string of the molecule is COc1cc2ncn(CCCC(=O)NCc3cccc(C(=O)N4CCCC4)c3)c(=O)c2cc1OC. The molecule has 35 heavy (non-hydrogen) atoms. The number of likely N-dealkylation sites (tertiary alicyclic amines) is 1. The van der Waals surface area contributed by atoms with Crippen LogP contribution in [0, 0.1) is 0 Å². The molecule has 4 rings (SSSR count). The first-order valence-corrected chi connectivity index (χ1v) is 11.8. The molecular weight excluding hydrogens is 448 g/mol. The number of hydrogen-bond acceptors (Lipinski definition) is 6. The Morgan fingerprint density at radius 3 is 2.54 bits per heavy atom. The number of fused-ring (bicyclic) bond motifs is 1. The van der Waals surface area contributed by atoms with Crippen LogP contribution in [0.3, 0.4) is 0 Å². The van der Waals surface area contributed by atoms with E-state index in [2.05, 4.69) is 10.3 Å². The van der Waals surface area contributed by atoms with Crippen molar-refractivity contribution in [2.24, 2.45) is 0 Å². The van der Waals surface area contributed by atoms with Crippen molar-refractivity contribution in [1.82, 2.24) is 19.8 Å². The van der Waals surface area contributed by atoms with Crippen molar-refractivity contribution in [3.05, 3.63) is 64.2 Å². The molecule has 3 aromatic rings. The van der Waals surface area contributed by atoms with Crippen LogP contribution in [0.1, 0.15) is 41.6 Å². The summed E-state index contributed by atoms with van der Waals surface area (Å²) in [5.41, 5.74) is 1.85. The molecule has 1 aromatic heterocycles.